The highest BCUT2D eigenvalue weighted by molar-refractivity contribution is 5.89. The van der Waals surface area contributed by atoms with Crippen molar-refractivity contribution in [2.75, 3.05) is 26.2 Å². The summed E-state index contributed by atoms with van der Waals surface area (Å²) in [5.74, 6) is 1.09. The summed E-state index contributed by atoms with van der Waals surface area (Å²) in [6.45, 7) is 11.0. The van der Waals surface area contributed by atoms with Crippen LogP contribution in [0.4, 0.5) is 0 Å². The molecule has 0 amide bonds. The molecule has 1 aliphatic rings. The zero-order valence-electron chi connectivity index (χ0n) is 21.8. The first kappa shape index (κ1) is 26.4. The molecule has 3 rings (SSSR count). The minimum Gasteiger partial charge on any atom is -0.337 e. The number of unbranched alkanes of at least 4 members (excludes halogenated alkanes) is 3. The van der Waals surface area contributed by atoms with Gasteiger partial charge in [0.05, 0.1) is 6.54 Å². The van der Waals surface area contributed by atoms with E-state index in [0.29, 0.717) is 0 Å². The van der Waals surface area contributed by atoms with Crippen LogP contribution < -0.4 is 0 Å². The first-order valence-corrected chi connectivity index (χ1v) is 13.4. The summed E-state index contributed by atoms with van der Waals surface area (Å²) in [6, 6.07) is 9.27. The van der Waals surface area contributed by atoms with Gasteiger partial charge in [-0.25, -0.2) is 4.98 Å². The van der Waals surface area contributed by atoms with E-state index in [2.05, 4.69) is 75.6 Å². The molecule has 34 heavy (non-hydrogen) atoms. The van der Waals surface area contributed by atoms with Gasteiger partial charge in [-0.3, -0.25) is 9.89 Å². The van der Waals surface area contributed by atoms with E-state index in [1.54, 1.807) is 0 Å². The van der Waals surface area contributed by atoms with Crippen molar-refractivity contribution in [2.24, 2.45) is 12.0 Å². The van der Waals surface area contributed by atoms with Crippen molar-refractivity contribution in [1.82, 2.24) is 19.4 Å². The largest absolute Gasteiger partial charge is 0.337 e. The average Bonchev–Trinajstić information content (AvgIpc) is 3.49. The molecule has 0 saturated heterocycles. The topological polar surface area (TPSA) is 36.7 Å². The summed E-state index contributed by atoms with van der Waals surface area (Å²) < 4.78 is 2.11. The van der Waals surface area contributed by atoms with Crippen LogP contribution >= 0.6 is 0 Å². The van der Waals surface area contributed by atoms with Crippen LogP contribution in [0.25, 0.3) is 0 Å². The number of aliphatic imine (C=N–C) groups is 1. The van der Waals surface area contributed by atoms with Crippen LogP contribution in [0.15, 0.2) is 53.9 Å². The molecule has 186 valence electrons. The lowest BCUT2D eigenvalue weighted by molar-refractivity contribution is 0.268. The lowest BCUT2D eigenvalue weighted by Crippen LogP contribution is -2.29. The van der Waals surface area contributed by atoms with Gasteiger partial charge >= 0.3 is 0 Å². The second kappa shape index (κ2) is 14.9. The first-order valence-electron chi connectivity index (χ1n) is 13.4. The summed E-state index contributed by atoms with van der Waals surface area (Å²) >= 11 is 0. The Morgan fingerprint density at radius 3 is 2.21 bits per heavy atom. The van der Waals surface area contributed by atoms with Crippen LogP contribution in [-0.4, -0.2) is 51.2 Å². The quantitative estimate of drug-likeness (QED) is 0.270. The molecule has 0 saturated carbocycles. The molecule has 0 atom stereocenters. The maximum Gasteiger partial charge on any atom is 0.122 e. The van der Waals surface area contributed by atoms with E-state index in [0.717, 1.165) is 31.9 Å². The number of hydrogen-bond acceptors (Lipinski definition) is 4. The molecule has 0 N–H and O–H groups in total. The smallest absolute Gasteiger partial charge is 0.122 e. The average molecular weight is 464 g/mol. The third-order valence-electron chi connectivity index (χ3n) is 6.61. The van der Waals surface area contributed by atoms with Gasteiger partial charge < -0.3 is 9.47 Å². The molecule has 0 radical (unpaired) electrons. The van der Waals surface area contributed by atoms with Crippen LogP contribution in [0.3, 0.4) is 0 Å². The number of benzene rings is 1. The fourth-order valence-electron chi connectivity index (χ4n) is 4.74. The van der Waals surface area contributed by atoms with Gasteiger partial charge in [0.1, 0.15) is 5.82 Å². The van der Waals surface area contributed by atoms with Gasteiger partial charge in [0.2, 0.25) is 0 Å². The van der Waals surface area contributed by atoms with E-state index in [4.69, 9.17) is 0 Å². The molecule has 0 unspecified atom stereocenters. The van der Waals surface area contributed by atoms with Gasteiger partial charge in [-0.05, 0) is 62.9 Å². The highest BCUT2D eigenvalue weighted by Crippen LogP contribution is 2.14. The molecule has 1 aromatic carbocycles. The van der Waals surface area contributed by atoms with Gasteiger partial charge in [0, 0.05) is 50.9 Å². The van der Waals surface area contributed by atoms with E-state index < -0.39 is 0 Å². The standard InChI is InChI=1S/C29H45N5/c1-4-19-33(20-5-2)21-9-7-6-8-11-26-13-15-27(16-14-26)23-34(24-28-12-10-17-30-28)25-29-31-18-22-32(29)3/h10,13-18,22H,4-9,11-12,19-21,23-25H2,1-3H3. The molecule has 0 bridgehead atoms. The third-order valence-corrected chi connectivity index (χ3v) is 6.61. The minimum absolute atomic E-state index is 0.832. The fraction of sp³-hybridized carbons (Fsp3) is 0.586. The van der Waals surface area contributed by atoms with Crippen molar-refractivity contribution in [2.45, 2.75) is 78.3 Å². The van der Waals surface area contributed by atoms with Gasteiger partial charge in [0.15, 0.2) is 0 Å². The Morgan fingerprint density at radius 1 is 0.824 bits per heavy atom. The monoisotopic (exact) mass is 463 g/mol. The Balaban J connectivity index is 1.41. The maximum absolute atomic E-state index is 4.53. The van der Waals surface area contributed by atoms with Crippen LogP contribution in [0.1, 0.15) is 75.7 Å². The van der Waals surface area contributed by atoms with E-state index in [1.807, 2.05) is 18.6 Å². The Hall–Kier alpha value is -2.24. The fourth-order valence-corrected chi connectivity index (χ4v) is 4.74. The van der Waals surface area contributed by atoms with E-state index >= 15 is 0 Å². The SMILES string of the molecule is CCCN(CCC)CCCCCCc1ccc(CN(CC2=NC=CC2)Cc2nccn2C)cc1. The van der Waals surface area contributed by atoms with E-state index in [9.17, 15) is 0 Å². The van der Waals surface area contributed by atoms with Crippen LogP contribution in [0.5, 0.6) is 0 Å². The van der Waals surface area contributed by atoms with Gasteiger partial charge in [-0.15, -0.1) is 0 Å². The molecule has 2 aromatic rings. The Kier molecular flexibility index (Phi) is 11.6. The number of rotatable bonds is 17. The number of allylic oxidation sites excluding steroid dienone is 1. The van der Waals surface area contributed by atoms with Crippen molar-refractivity contribution in [3.05, 3.63) is 65.9 Å². The number of aromatic nitrogens is 2. The van der Waals surface area contributed by atoms with Crippen LogP contribution in [-0.2, 0) is 26.6 Å². The van der Waals surface area contributed by atoms with Crippen LogP contribution in [0, 0.1) is 0 Å². The van der Waals surface area contributed by atoms with E-state index in [-0.39, 0.29) is 0 Å². The number of hydrogen-bond donors (Lipinski definition) is 0. The predicted octanol–water partition coefficient (Wildman–Crippen LogP) is 6.01. The lowest BCUT2D eigenvalue weighted by Gasteiger charge is -2.22. The highest BCUT2D eigenvalue weighted by Gasteiger charge is 2.14. The summed E-state index contributed by atoms with van der Waals surface area (Å²) in [7, 11) is 2.07. The Labute approximate surface area is 207 Å². The Bertz CT molecular complexity index is 874. The molecular formula is C29H45N5. The molecular weight excluding hydrogens is 418 g/mol. The molecule has 5 nitrogen and oxygen atoms in total. The molecule has 0 spiro atoms. The van der Waals surface area contributed by atoms with Crippen molar-refractivity contribution >= 4 is 5.71 Å². The summed E-state index contributed by atoms with van der Waals surface area (Å²) in [5, 5.41) is 0. The summed E-state index contributed by atoms with van der Waals surface area (Å²) in [5.41, 5.74) is 4.05. The second-order valence-corrected chi connectivity index (χ2v) is 9.71. The minimum atomic E-state index is 0.832. The second-order valence-electron chi connectivity index (χ2n) is 9.71. The van der Waals surface area contributed by atoms with Crippen molar-refractivity contribution < 1.29 is 0 Å². The number of imidazole rings is 1. The molecule has 2 heterocycles. The van der Waals surface area contributed by atoms with Crippen molar-refractivity contribution in [3.8, 4) is 0 Å². The van der Waals surface area contributed by atoms with Gasteiger partial charge in [0.25, 0.3) is 0 Å². The summed E-state index contributed by atoms with van der Waals surface area (Å²) in [4.78, 5) is 14.1. The van der Waals surface area contributed by atoms with E-state index in [1.165, 1.54) is 81.4 Å². The van der Waals surface area contributed by atoms with Gasteiger partial charge in [-0.1, -0.05) is 57.0 Å². The zero-order valence-corrected chi connectivity index (χ0v) is 21.8. The first-order chi connectivity index (χ1) is 16.7. The van der Waals surface area contributed by atoms with Gasteiger partial charge in [-0.2, -0.15) is 0 Å². The molecule has 1 aliphatic heterocycles. The number of aryl methyl sites for hydroxylation is 2. The molecule has 0 fully saturated rings. The zero-order chi connectivity index (χ0) is 24.0. The van der Waals surface area contributed by atoms with Crippen molar-refractivity contribution in [3.63, 3.8) is 0 Å². The highest BCUT2D eigenvalue weighted by atomic mass is 15.2. The molecule has 5 heteroatoms. The maximum atomic E-state index is 4.53. The molecule has 0 aliphatic carbocycles. The Morgan fingerprint density at radius 2 is 1.56 bits per heavy atom. The lowest BCUT2D eigenvalue weighted by atomic mass is 10.0. The molecule has 1 aromatic heterocycles. The number of nitrogens with zero attached hydrogens (tertiary/aromatic N) is 5. The summed E-state index contributed by atoms with van der Waals surface area (Å²) in [6.07, 6.45) is 18.0. The van der Waals surface area contributed by atoms with Crippen LogP contribution in [0.2, 0.25) is 0 Å². The predicted molar refractivity (Wildman–Crippen MR) is 144 cm³/mol. The normalized spacial score (nSPS) is 13.4. The van der Waals surface area contributed by atoms with Crippen molar-refractivity contribution in [1.29, 1.82) is 0 Å². The third kappa shape index (κ3) is 9.19.